The molecule has 0 saturated carbocycles. The van der Waals surface area contributed by atoms with Gasteiger partial charge in [-0.05, 0) is 31.0 Å². The molecule has 8 heteroatoms. The van der Waals surface area contributed by atoms with Gasteiger partial charge in [-0.15, -0.1) is 0 Å². The number of nitrogens with zero attached hydrogens (tertiary/aromatic N) is 4. The van der Waals surface area contributed by atoms with Crippen molar-refractivity contribution in [2.24, 2.45) is 0 Å². The van der Waals surface area contributed by atoms with Gasteiger partial charge in [-0.2, -0.15) is 10.2 Å². The number of benzene rings is 1. The number of hydrogen-bond acceptors (Lipinski definition) is 4. The van der Waals surface area contributed by atoms with Gasteiger partial charge in [0.15, 0.2) is 0 Å². The molecule has 2 heterocycles. The molecule has 0 spiro atoms. The van der Waals surface area contributed by atoms with Gasteiger partial charge < -0.3 is 10.4 Å². The van der Waals surface area contributed by atoms with Crippen molar-refractivity contribution in [2.45, 2.75) is 26.4 Å². The van der Waals surface area contributed by atoms with Crippen molar-refractivity contribution in [1.82, 2.24) is 19.6 Å². The van der Waals surface area contributed by atoms with Crippen LogP contribution in [0.15, 0.2) is 48.9 Å². The lowest BCUT2D eigenvalue weighted by Gasteiger charge is -2.11. The second-order valence-corrected chi connectivity index (χ2v) is 5.98. The van der Waals surface area contributed by atoms with Crippen molar-refractivity contribution in [3.63, 3.8) is 0 Å². The largest absolute Gasteiger partial charge is 0.480 e. The monoisotopic (exact) mass is 353 g/mol. The number of carboxylic acid groups (broad SMARTS) is 1. The molecule has 0 radical (unpaired) electrons. The summed E-state index contributed by atoms with van der Waals surface area (Å²) in [5.74, 6) is -1.50. The van der Waals surface area contributed by atoms with Crippen molar-refractivity contribution >= 4 is 17.6 Å². The van der Waals surface area contributed by atoms with Crippen LogP contribution >= 0.6 is 0 Å². The van der Waals surface area contributed by atoms with E-state index in [0.29, 0.717) is 12.2 Å². The Morgan fingerprint density at radius 1 is 1.23 bits per heavy atom. The highest BCUT2D eigenvalue weighted by molar-refractivity contribution is 6.03. The van der Waals surface area contributed by atoms with Crippen LogP contribution in [0.5, 0.6) is 0 Å². The maximum atomic E-state index is 12.4. The Morgan fingerprint density at radius 3 is 2.73 bits per heavy atom. The second kappa shape index (κ2) is 7.22. The maximum Gasteiger partial charge on any atom is 0.328 e. The van der Waals surface area contributed by atoms with Crippen LogP contribution in [0.2, 0.25) is 0 Å². The number of aromatic nitrogens is 4. The predicted octanol–water partition coefficient (Wildman–Crippen LogP) is 2.33. The van der Waals surface area contributed by atoms with Gasteiger partial charge >= 0.3 is 5.97 Å². The Kier molecular flexibility index (Phi) is 4.83. The van der Waals surface area contributed by atoms with E-state index in [2.05, 4.69) is 15.5 Å². The van der Waals surface area contributed by atoms with E-state index in [1.54, 1.807) is 17.1 Å². The molecule has 0 bridgehead atoms. The molecule has 3 aromatic rings. The van der Waals surface area contributed by atoms with Crippen LogP contribution in [0.25, 0.3) is 0 Å². The van der Waals surface area contributed by atoms with Gasteiger partial charge in [-0.1, -0.05) is 24.3 Å². The average Bonchev–Trinajstić information content (AvgIpc) is 3.25. The summed E-state index contributed by atoms with van der Waals surface area (Å²) in [6, 6.07) is 8.56. The fraction of sp³-hybridized carbons (Fsp3) is 0.222. The first-order valence-electron chi connectivity index (χ1n) is 8.10. The molecule has 0 aliphatic carbocycles. The Morgan fingerprint density at radius 2 is 2.00 bits per heavy atom. The molecule has 0 aliphatic heterocycles. The summed E-state index contributed by atoms with van der Waals surface area (Å²) < 4.78 is 2.91. The number of carbonyl (C=O) groups is 2. The number of carbonyl (C=O) groups excluding carboxylic acids is 1. The molecule has 2 N–H and O–H groups in total. The van der Waals surface area contributed by atoms with E-state index >= 15 is 0 Å². The van der Waals surface area contributed by atoms with E-state index < -0.39 is 17.9 Å². The van der Waals surface area contributed by atoms with Crippen LogP contribution in [0.1, 0.15) is 34.6 Å². The third kappa shape index (κ3) is 3.64. The van der Waals surface area contributed by atoms with Gasteiger partial charge in [0.2, 0.25) is 0 Å². The number of anilines is 1. The molecule has 0 saturated heterocycles. The Labute approximate surface area is 150 Å². The standard InChI is InChI=1S/C18H19N5O3/c1-12-5-3-4-6-14(12)10-22-11-15(9-20-22)21-17(24)16-7-8-19-23(16)13(2)18(25)26/h3-9,11,13H,10H2,1-2H3,(H,21,24)(H,25,26). The summed E-state index contributed by atoms with van der Waals surface area (Å²) in [5, 5.41) is 20.0. The van der Waals surface area contributed by atoms with Crippen molar-refractivity contribution in [3.05, 3.63) is 65.7 Å². The van der Waals surface area contributed by atoms with Gasteiger partial charge in [0, 0.05) is 12.4 Å². The van der Waals surface area contributed by atoms with E-state index in [0.717, 1.165) is 5.56 Å². The summed E-state index contributed by atoms with van der Waals surface area (Å²) in [4.78, 5) is 23.6. The zero-order valence-corrected chi connectivity index (χ0v) is 14.5. The molecule has 3 rings (SSSR count). The zero-order chi connectivity index (χ0) is 18.7. The molecule has 1 atom stereocenters. The minimum absolute atomic E-state index is 0.173. The first-order valence-corrected chi connectivity index (χ1v) is 8.10. The molecule has 1 amide bonds. The molecule has 0 fully saturated rings. The number of aliphatic carboxylic acids is 1. The number of nitrogens with one attached hydrogen (secondary N) is 1. The molecular weight excluding hydrogens is 334 g/mol. The van der Waals surface area contributed by atoms with E-state index in [-0.39, 0.29) is 5.69 Å². The Balaban J connectivity index is 1.72. The molecule has 0 aliphatic rings. The fourth-order valence-corrected chi connectivity index (χ4v) is 2.58. The summed E-state index contributed by atoms with van der Waals surface area (Å²) in [5.41, 5.74) is 3.01. The second-order valence-electron chi connectivity index (χ2n) is 5.98. The third-order valence-electron chi connectivity index (χ3n) is 4.11. The molecule has 1 aromatic carbocycles. The average molecular weight is 353 g/mol. The van der Waals surface area contributed by atoms with Crippen LogP contribution in [-0.4, -0.2) is 36.5 Å². The van der Waals surface area contributed by atoms with Crippen LogP contribution in [-0.2, 0) is 11.3 Å². The number of rotatable bonds is 6. The summed E-state index contributed by atoms with van der Waals surface area (Å²) in [6.07, 6.45) is 4.68. The first kappa shape index (κ1) is 17.4. The molecular formula is C18H19N5O3. The highest BCUT2D eigenvalue weighted by Gasteiger charge is 2.21. The quantitative estimate of drug-likeness (QED) is 0.708. The third-order valence-corrected chi connectivity index (χ3v) is 4.11. The lowest BCUT2D eigenvalue weighted by atomic mass is 10.1. The number of carboxylic acids is 1. The lowest BCUT2D eigenvalue weighted by molar-refractivity contribution is -0.140. The zero-order valence-electron chi connectivity index (χ0n) is 14.5. The number of amides is 1. The highest BCUT2D eigenvalue weighted by atomic mass is 16.4. The van der Waals surface area contributed by atoms with Gasteiger partial charge in [0.05, 0.1) is 18.4 Å². The summed E-state index contributed by atoms with van der Waals surface area (Å²) in [7, 11) is 0. The van der Waals surface area contributed by atoms with Crippen LogP contribution in [0, 0.1) is 6.92 Å². The van der Waals surface area contributed by atoms with E-state index in [1.807, 2.05) is 31.2 Å². The molecule has 2 aromatic heterocycles. The van der Waals surface area contributed by atoms with E-state index in [1.165, 1.54) is 29.4 Å². The minimum Gasteiger partial charge on any atom is -0.480 e. The Hall–Kier alpha value is -3.42. The molecule has 26 heavy (non-hydrogen) atoms. The number of aryl methyl sites for hydroxylation is 1. The van der Waals surface area contributed by atoms with E-state index in [4.69, 9.17) is 5.11 Å². The minimum atomic E-state index is -1.06. The SMILES string of the molecule is Cc1ccccc1Cn1cc(NC(=O)c2ccnn2C(C)C(=O)O)cn1. The maximum absolute atomic E-state index is 12.4. The smallest absolute Gasteiger partial charge is 0.328 e. The summed E-state index contributed by atoms with van der Waals surface area (Å²) >= 11 is 0. The predicted molar refractivity (Wildman–Crippen MR) is 95.0 cm³/mol. The van der Waals surface area contributed by atoms with Gasteiger partial charge in [-0.25, -0.2) is 9.48 Å². The lowest BCUT2D eigenvalue weighted by Crippen LogP contribution is -2.24. The molecule has 134 valence electrons. The van der Waals surface area contributed by atoms with Gasteiger partial charge in [0.1, 0.15) is 11.7 Å². The highest BCUT2D eigenvalue weighted by Crippen LogP contribution is 2.14. The first-order chi connectivity index (χ1) is 12.5. The van der Waals surface area contributed by atoms with Crippen molar-refractivity contribution < 1.29 is 14.7 Å². The van der Waals surface area contributed by atoms with Crippen LogP contribution in [0.4, 0.5) is 5.69 Å². The van der Waals surface area contributed by atoms with Crippen LogP contribution in [0.3, 0.4) is 0 Å². The summed E-state index contributed by atoms with van der Waals surface area (Å²) in [6.45, 7) is 4.09. The van der Waals surface area contributed by atoms with Gasteiger partial charge in [-0.3, -0.25) is 9.48 Å². The number of hydrogen-bond donors (Lipinski definition) is 2. The fourth-order valence-electron chi connectivity index (χ4n) is 2.58. The topological polar surface area (TPSA) is 102 Å². The molecule has 1 unspecified atom stereocenters. The Bertz CT molecular complexity index is 944. The van der Waals surface area contributed by atoms with E-state index in [9.17, 15) is 9.59 Å². The van der Waals surface area contributed by atoms with Crippen molar-refractivity contribution in [2.75, 3.05) is 5.32 Å². The molecule has 8 nitrogen and oxygen atoms in total. The van der Waals surface area contributed by atoms with Gasteiger partial charge in [0.25, 0.3) is 5.91 Å². The van der Waals surface area contributed by atoms with Crippen LogP contribution < -0.4 is 5.32 Å². The normalized spacial score (nSPS) is 11.9. The van der Waals surface area contributed by atoms with Crippen molar-refractivity contribution in [1.29, 1.82) is 0 Å². The van der Waals surface area contributed by atoms with Crippen molar-refractivity contribution in [3.8, 4) is 0 Å².